The minimum absolute atomic E-state index is 0.235. The van der Waals surface area contributed by atoms with Crippen LogP contribution in [0.5, 0.6) is 0 Å². The molecule has 27 heavy (non-hydrogen) atoms. The van der Waals surface area contributed by atoms with Crippen molar-refractivity contribution in [2.75, 3.05) is 5.32 Å². The highest BCUT2D eigenvalue weighted by molar-refractivity contribution is 9.10. The standard InChI is InChI=1S/C15H9BrF3N3O5/c1-7-12(21(24)25)4-8(5-13(7)22(26)27)14(23)20-9-2-3-11(16)10(6-9)15(17,18)19/h2-6H,1H3,(H,20,23). The van der Waals surface area contributed by atoms with Crippen molar-refractivity contribution in [1.29, 1.82) is 0 Å². The van der Waals surface area contributed by atoms with Crippen molar-refractivity contribution >= 4 is 38.9 Å². The van der Waals surface area contributed by atoms with E-state index in [9.17, 15) is 38.2 Å². The predicted molar refractivity (Wildman–Crippen MR) is 91.6 cm³/mol. The fourth-order valence-corrected chi connectivity index (χ4v) is 2.69. The molecule has 12 heteroatoms. The number of rotatable bonds is 4. The van der Waals surface area contributed by atoms with Crippen molar-refractivity contribution in [3.8, 4) is 0 Å². The van der Waals surface area contributed by atoms with Gasteiger partial charge in [-0.15, -0.1) is 0 Å². The monoisotopic (exact) mass is 447 g/mol. The summed E-state index contributed by atoms with van der Waals surface area (Å²) >= 11 is 2.75. The minimum atomic E-state index is -4.68. The summed E-state index contributed by atoms with van der Waals surface area (Å²) in [4.78, 5) is 32.6. The maximum atomic E-state index is 12.9. The van der Waals surface area contributed by atoms with Crippen molar-refractivity contribution in [2.24, 2.45) is 0 Å². The summed E-state index contributed by atoms with van der Waals surface area (Å²) in [5.41, 5.74) is -3.26. The molecule has 0 aliphatic carbocycles. The van der Waals surface area contributed by atoms with Crippen LogP contribution in [0, 0.1) is 27.2 Å². The molecule has 0 aliphatic rings. The Bertz CT molecular complexity index is 927. The van der Waals surface area contributed by atoms with Gasteiger partial charge in [0, 0.05) is 22.3 Å². The van der Waals surface area contributed by atoms with Gasteiger partial charge < -0.3 is 5.32 Å². The number of hydrogen-bond acceptors (Lipinski definition) is 5. The van der Waals surface area contributed by atoms with Gasteiger partial charge in [-0.2, -0.15) is 13.2 Å². The van der Waals surface area contributed by atoms with Crippen molar-refractivity contribution in [3.63, 3.8) is 0 Å². The predicted octanol–water partition coefficient (Wildman–Crippen LogP) is 4.85. The molecule has 0 aromatic heterocycles. The van der Waals surface area contributed by atoms with Crippen LogP contribution in [0.2, 0.25) is 0 Å². The molecular formula is C15H9BrF3N3O5. The van der Waals surface area contributed by atoms with E-state index in [1.165, 1.54) is 6.07 Å². The Hall–Kier alpha value is -3.02. The Balaban J connectivity index is 2.45. The zero-order chi connectivity index (χ0) is 20.5. The maximum Gasteiger partial charge on any atom is 0.417 e. The number of nitrogens with one attached hydrogen (secondary N) is 1. The zero-order valence-electron chi connectivity index (χ0n) is 13.3. The second-order valence-electron chi connectivity index (χ2n) is 5.30. The Morgan fingerprint density at radius 2 is 1.59 bits per heavy atom. The van der Waals surface area contributed by atoms with E-state index in [1.54, 1.807) is 0 Å². The molecule has 2 rings (SSSR count). The van der Waals surface area contributed by atoms with Crippen LogP contribution in [-0.2, 0) is 6.18 Å². The third kappa shape index (κ3) is 4.39. The summed E-state index contributed by atoms with van der Waals surface area (Å²) in [5.74, 6) is -1.03. The summed E-state index contributed by atoms with van der Waals surface area (Å²) in [6.07, 6.45) is -4.68. The molecule has 0 heterocycles. The molecule has 0 saturated heterocycles. The van der Waals surface area contributed by atoms with Crippen molar-refractivity contribution < 1.29 is 27.8 Å². The molecule has 0 saturated carbocycles. The van der Waals surface area contributed by atoms with Crippen molar-refractivity contribution in [2.45, 2.75) is 13.1 Å². The lowest BCUT2D eigenvalue weighted by Gasteiger charge is -2.12. The van der Waals surface area contributed by atoms with Crippen LogP contribution in [0.4, 0.5) is 30.2 Å². The second-order valence-corrected chi connectivity index (χ2v) is 6.15. The van der Waals surface area contributed by atoms with E-state index < -0.39 is 44.4 Å². The van der Waals surface area contributed by atoms with Gasteiger partial charge in [-0.05, 0) is 25.1 Å². The highest BCUT2D eigenvalue weighted by Crippen LogP contribution is 2.36. The average molecular weight is 448 g/mol. The summed E-state index contributed by atoms with van der Waals surface area (Å²) in [5, 5.41) is 24.2. The molecule has 142 valence electrons. The first kappa shape index (κ1) is 20.3. The number of nitro groups is 2. The summed E-state index contributed by atoms with van der Waals surface area (Å²) in [6, 6.07) is 4.55. The molecule has 1 N–H and O–H groups in total. The lowest BCUT2D eigenvalue weighted by molar-refractivity contribution is -0.395. The first-order valence-electron chi connectivity index (χ1n) is 7.03. The number of nitro benzene ring substituents is 2. The first-order valence-corrected chi connectivity index (χ1v) is 7.82. The number of hydrogen-bond donors (Lipinski definition) is 1. The molecule has 0 aliphatic heterocycles. The van der Waals surface area contributed by atoms with E-state index in [-0.39, 0.29) is 15.7 Å². The molecular weight excluding hydrogens is 439 g/mol. The van der Waals surface area contributed by atoms with E-state index in [4.69, 9.17) is 0 Å². The molecule has 0 spiro atoms. The lowest BCUT2D eigenvalue weighted by Crippen LogP contribution is -2.14. The van der Waals surface area contributed by atoms with Crippen molar-refractivity contribution in [1.82, 2.24) is 0 Å². The fourth-order valence-electron chi connectivity index (χ4n) is 2.22. The Kier molecular flexibility index (Phi) is 5.49. The van der Waals surface area contributed by atoms with Gasteiger partial charge in [0.15, 0.2) is 0 Å². The molecule has 0 radical (unpaired) electrons. The summed E-state index contributed by atoms with van der Waals surface area (Å²) in [7, 11) is 0. The number of carbonyl (C=O) groups is 1. The van der Waals surface area contributed by atoms with Crippen LogP contribution in [0.25, 0.3) is 0 Å². The fraction of sp³-hybridized carbons (Fsp3) is 0.133. The number of halogens is 4. The van der Waals surface area contributed by atoms with Crippen LogP contribution < -0.4 is 5.32 Å². The molecule has 0 atom stereocenters. The van der Waals surface area contributed by atoms with E-state index in [0.717, 1.165) is 25.1 Å². The number of carbonyl (C=O) groups excluding carboxylic acids is 1. The zero-order valence-corrected chi connectivity index (χ0v) is 14.9. The largest absolute Gasteiger partial charge is 0.417 e. The SMILES string of the molecule is Cc1c([N+](=O)[O-])cc(C(=O)Nc2ccc(Br)c(C(F)(F)F)c2)cc1[N+](=O)[O-]. The number of benzene rings is 2. The number of anilines is 1. The third-order valence-corrected chi connectivity index (χ3v) is 4.23. The van der Waals surface area contributed by atoms with Crippen LogP contribution >= 0.6 is 15.9 Å². The van der Waals surface area contributed by atoms with Gasteiger partial charge in [-0.25, -0.2) is 0 Å². The van der Waals surface area contributed by atoms with Crippen LogP contribution in [-0.4, -0.2) is 15.8 Å². The summed E-state index contributed by atoms with van der Waals surface area (Å²) < 4.78 is 38.5. The molecule has 0 fully saturated rings. The van der Waals surface area contributed by atoms with Gasteiger partial charge in [0.2, 0.25) is 0 Å². The Labute approximate surface area is 157 Å². The topological polar surface area (TPSA) is 115 Å². The minimum Gasteiger partial charge on any atom is -0.322 e. The highest BCUT2D eigenvalue weighted by Gasteiger charge is 2.33. The van der Waals surface area contributed by atoms with Crippen LogP contribution in [0.15, 0.2) is 34.8 Å². The molecule has 8 nitrogen and oxygen atoms in total. The molecule has 0 bridgehead atoms. The van der Waals surface area contributed by atoms with Gasteiger partial charge in [0.05, 0.1) is 21.0 Å². The van der Waals surface area contributed by atoms with Gasteiger partial charge in [0.1, 0.15) is 5.56 Å². The third-order valence-electron chi connectivity index (χ3n) is 3.54. The van der Waals surface area contributed by atoms with Gasteiger partial charge in [-0.1, -0.05) is 15.9 Å². The number of alkyl halides is 3. The number of nitrogens with zero attached hydrogens (tertiary/aromatic N) is 2. The Morgan fingerprint density at radius 3 is 2.04 bits per heavy atom. The van der Waals surface area contributed by atoms with E-state index in [0.29, 0.717) is 6.07 Å². The van der Waals surface area contributed by atoms with E-state index in [2.05, 4.69) is 21.2 Å². The quantitative estimate of drug-likeness (QED) is 0.531. The van der Waals surface area contributed by atoms with Crippen molar-refractivity contribution in [3.05, 3.63) is 71.7 Å². The molecule has 0 unspecified atom stereocenters. The van der Waals surface area contributed by atoms with Gasteiger partial charge in [0.25, 0.3) is 17.3 Å². The number of amides is 1. The molecule has 1 amide bonds. The van der Waals surface area contributed by atoms with E-state index >= 15 is 0 Å². The normalized spacial score (nSPS) is 11.1. The highest BCUT2D eigenvalue weighted by atomic mass is 79.9. The molecule has 2 aromatic rings. The van der Waals surface area contributed by atoms with Gasteiger partial charge >= 0.3 is 6.18 Å². The summed E-state index contributed by atoms with van der Waals surface area (Å²) in [6.45, 7) is 1.16. The van der Waals surface area contributed by atoms with Crippen LogP contribution in [0.3, 0.4) is 0 Å². The second kappa shape index (κ2) is 7.31. The Morgan fingerprint density at radius 1 is 1.07 bits per heavy atom. The maximum absolute atomic E-state index is 12.9. The smallest absolute Gasteiger partial charge is 0.322 e. The van der Waals surface area contributed by atoms with E-state index in [1.807, 2.05) is 0 Å². The lowest BCUT2D eigenvalue weighted by atomic mass is 10.1. The average Bonchev–Trinajstić information content (AvgIpc) is 2.55. The molecule has 2 aromatic carbocycles. The van der Waals surface area contributed by atoms with Gasteiger partial charge in [-0.3, -0.25) is 25.0 Å². The first-order chi connectivity index (χ1) is 12.4. The van der Waals surface area contributed by atoms with Crippen LogP contribution in [0.1, 0.15) is 21.5 Å².